The Hall–Kier alpha value is -3.97. The molecule has 0 radical (unpaired) electrons. The number of rotatable bonds is 6. The number of hydrogen-bond acceptors (Lipinski definition) is 4. The largest absolute Gasteiger partial charge is 0.483 e. The van der Waals surface area contributed by atoms with Gasteiger partial charge in [0.15, 0.2) is 6.61 Å². The number of nitrogens with one attached hydrogen (secondary N) is 1. The van der Waals surface area contributed by atoms with Crippen molar-refractivity contribution in [2.24, 2.45) is 5.73 Å². The van der Waals surface area contributed by atoms with Crippen LogP contribution in [0.3, 0.4) is 0 Å². The van der Waals surface area contributed by atoms with Crippen molar-refractivity contribution >= 4 is 40.0 Å². The zero-order chi connectivity index (χ0) is 22.7. The topological polar surface area (TPSA) is 94.3 Å². The standard InChI is InChI=1S/C24H17ClFN3O3/c25-16-6-4-14(5-7-16)21-12-22(32-13-23(27)30)19-11-18(8-9-20(19)29-21)28-24(31)15-2-1-3-17(26)10-15/h1-12H,13H2,(H2,27,30)(H,28,31). The Bertz CT molecular complexity index is 1330. The van der Waals surface area contributed by atoms with Crippen LogP contribution in [-0.4, -0.2) is 23.4 Å². The molecule has 4 aromatic rings. The third-order valence-electron chi connectivity index (χ3n) is 4.63. The van der Waals surface area contributed by atoms with E-state index in [0.717, 1.165) is 11.6 Å². The molecule has 0 bridgehead atoms. The number of carbonyl (C=O) groups is 2. The van der Waals surface area contributed by atoms with Gasteiger partial charge in [-0.2, -0.15) is 0 Å². The number of fused-ring (bicyclic) bond motifs is 1. The van der Waals surface area contributed by atoms with Crippen LogP contribution in [0, 0.1) is 5.82 Å². The van der Waals surface area contributed by atoms with Gasteiger partial charge in [0, 0.05) is 33.3 Å². The summed E-state index contributed by atoms with van der Waals surface area (Å²) in [5, 5.41) is 3.89. The lowest BCUT2D eigenvalue weighted by Gasteiger charge is -2.13. The van der Waals surface area contributed by atoms with Crippen LogP contribution in [-0.2, 0) is 4.79 Å². The summed E-state index contributed by atoms with van der Waals surface area (Å²) in [6, 6.07) is 19.3. The van der Waals surface area contributed by atoms with Crippen LogP contribution in [0.1, 0.15) is 10.4 Å². The van der Waals surface area contributed by atoms with Gasteiger partial charge in [-0.25, -0.2) is 9.37 Å². The fourth-order valence-electron chi connectivity index (χ4n) is 3.14. The predicted molar refractivity (Wildman–Crippen MR) is 121 cm³/mol. The summed E-state index contributed by atoms with van der Waals surface area (Å²) in [5.41, 5.74) is 7.89. The number of hydrogen-bond donors (Lipinski definition) is 2. The van der Waals surface area contributed by atoms with Crippen molar-refractivity contribution in [3.63, 3.8) is 0 Å². The van der Waals surface area contributed by atoms with E-state index in [1.807, 2.05) is 12.1 Å². The smallest absolute Gasteiger partial charge is 0.255 e. The van der Waals surface area contributed by atoms with Gasteiger partial charge in [0.1, 0.15) is 11.6 Å². The molecule has 0 saturated carbocycles. The average Bonchev–Trinajstić information content (AvgIpc) is 2.78. The van der Waals surface area contributed by atoms with Gasteiger partial charge in [-0.3, -0.25) is 9.59 Å². The van der Waals surface area contributed by atoms with Gasteiger partial charge in [0.25, 0.3) is 11.8 Å². The molecule has 3 aromatic carbocycles. The molecule has 0 atom stereocenters. The number of aromatic nitrogens is 1. The quantitative estimate of drug-likeness (QED) is 0.441. The SMILES string of the molecule is NC(=O)COc1cc(-c2ccc(Cl)cc2)nc2ccc(NC(=O)c3cccc(F)c3)cc12. The highest BCUT2D eigenvalue weighted by atomic mass is 35.5. The number of benzene rings is 3. The van der Waals surface area contributed by atoms with Crippen molar-refractivity contribution in [1.82, 2.24) is 4.98 Å². The Balaban J connectivity index is 1.72. The molecule has 0 spiro atoms. The van der Waals surface area contributed by atoms with E-state index < -0.39 is 17.6 Å². The number of ether oxygens (including phenoxy) is 1. The second-order valence-corrected chi connectivity index (χ2v) is 7.40. The first-order valence-electron chi connectivity index (χ1n) is 9.58. The molecule has 1 heterocycles. The molecular weight excluding hydrogens is 433 g/mol. The van der Waals surface area contributed by atoms with E-state index in [1.54, 1.807) is 36.4 Å². The van der Waals surface area contributed by atoms with E-state index in [0.29, 0.717) is 33.1 Å². The lowest BCUT2D eigenvalue weighted by atomic mass is 10.1. The summed E-state index contributed by atoms with van der Waals surface area (Å²) in [7, 11) is 0. The summed E-state index contributed by atoms with van der Waals surface area (Å²) in [4.78, 5) is 28.4. The van der Waals surface area contributed by atoms with E-state index in [9.17, 15) is 14.0 Å². The highest BCUT2D eigenvalue weighted by molar-refractivity contribution is 6.30. The molecule has 0 unspecified atom stereocenters. The first-order chi connectivity index (χ1) is 15.4. The minimum Gasteiger partial charge on any atom is -0.483 e. The van der Waals surface area contributed by atoms with Crippen molar-refractivity contribution in [2.75, 3.05) is 11.9 Å². The average molecular weight is 450 g/mol. The second kappa shape index (κ2) is 9.03. The van der Waals surface area contributed by atoms with Crippen LogP contribution in [0.4, 0.5) is 10.1 Å². The normalized spacial score (nSPS) is 10.7. The Labute approximate surface area is 187 Å². The maximum atomic E-state index is 13.4. The van der Waals surface area contributed by atoms with Crippen molar-refractivity contribution in [3.8, 4) is 17.0 Å². The van der Waals surface area contributed by atoms with E-state index >= 15 is 0 Å². The first-order valence-corrected chi connectivity index (χ1v) is 9.95. The molecule has 2 amide bonds. The molecule has 1 aromatic heterocycles. The number of pyridine rings is 1. The van der Waals surface area contributed by atoms with Crippen molar-refractivity contribution in [1.29, 1.82) is 0 Å². The van der Waals surface area contributed by atoms with Gasteiger partial charge in [-0.05, 0) is 48.5 Å². The van der Waals surface area contributed by atoms with Gasteiger partial charge in [-0.1, -0.05) is 29.8 Å². The van der Waals surface area contributed by atoms with E-state index in [2.05, 4.69) is 10.3 Å². The third-order valence-corrected chi connectivity index (χ3v) is 4.88. The fraction of sp³-hybridized carbons (Fsp3) is 0.0417. The number of primary amides is 1. The zero-order valence-electron chi connectivity index (χ0n) is 16.6. The number of nitrogens with two attached hydrogens (primary N) is 1. The molecule has 0 saturated heterocycles. The maximum absolute atomic E-state index is 13.4. The van der Waals surface area contributed by atoms with Crippen molar-refractivity contribution in [2.45, 2.75) is 0 Å². The summed E-state index contributed by atoms with van der Waals surface area (Å²) >= 11 is 5.97. The first kappa shape index (κ1) is 21.3. The second-order valence-electron chi connectivity index (χ2n) is 6.96. The summed E-state index contributed by atoms with van der Waals surface area (Å²) < 4.78 is 19.1. The molecule has 3 N–H and O–H groups in total. The molecule has 0 aliphatic carbocycles. The van der Waals surface area contributed by atoms with Gasteiger partial charge in [0.2, 0.25) is 0 Å². The fourth-order valence-corrected chi connectivity index (χ4v) is 3.27. The number of halogens is 2. The highest BCUT2D eigenvalue weighted by Crippen LogP contribution is 2.32. The minimum absolute atomic E-state index is 0.187. The van der Waals surface area contributed by atoms with Crippen molar-refractivity contribution < 1.29 is 18.7 Å². The lowest BCUT2D eigenvalue weighted by molar-refractivity contribution is -0.119. The van der Waals surface area contributed by atoms with Gasteiger partial charge in [0.05, 0.1) is 11.2 Å². The summed E-state index contributed by atoms with van der Waals surface area (Å²) in [5.74, 6) is -1.22. The van der Waals surface area contributed by atoms with Crippen molar-refractivity contribution in [3.05, 3.63) is 89.2 Å². The zero-order valence-corrected chi connectivity index (χ0v) is 17.4. The number of nitrogens with zero attached hydrogens (tertiary/aromatic N) is 1. The highest BCUT2D eigenvalue weighted by Gasteiger charge is 2.13. The molecule has 160 valence electrons. The molecular formula is C24H17ClFN3O3. The van der Waals surface area contributed by atoms with E-state index in [-0.39, 0.29) is 12.2 Å². The number of anilines is 1. The van der Waals surface area contributed by atoms with E-state index in [4.69, 9.17) is 22.1 Å². The molecule has 6 nitrogen and oxygen atoms in total. The van der Waals surface area contributed by atoms with Crippen LogP contribution in [0.5, 0.6) is 5.75 Å². The molecule has 0 aliphatic heterocycles. The minimum atomic E-state index is -0.626. The van der Waals surface area contributed by atoms with Crippen LogP contribution in [0.15, 0.2) is 72.8 Å². The summed E-state index contributed by atoms with van der Waals surface area (Å²) in [6.45, 7) is -0.320. The lowest BCUT2D eigenvalue weighted by Crippen LogP contribution is -2.20. The molecule has 8 heteroatoms. The molecule has 32 heavy (non-hydrogen) atoms. The Morgan fingerprint density at radius 2 is 1.81 bits per heavy atom. The van der Waals surface area contributed by atoms with Gasteiger partial charge in [-0.15, -0.1) is 0 Å². The Morgan fingerprint density at radius 1 is 1.03 bits per heavy atom. The molecule has 0 aliphatic rings. The third kappa shape index (κ3) is 4.84. The monoisotopic (exact) mass is 449 g/mol. The molecule has 0 fully saturated rings. The Kier molecular flexibility index (Phi) is 6.00. The van der Waals surface area contributed by atoms with E-state index in [1.165, 1.54) is 18.2 Å². The maximum Gasteiger partial charge on any atom is 0.255 e. The predicted octanol–water partition coefficient (Wildman–Crippen LogP) is 4.81. The van der Waals surface area contributed by atoms with Gasteiger partial charge >= 0.3 is 0 Å². The van der Waals surface area contributed by atoms with Crippen LogP contribution in [0.25, 0.3) is 22.2 Å². The van der Waals surface area contributed by atoms with Crippen LogP contribution < -0.4 is 15.8 Å². The number of amides is 2. The number of carbonyl (C=O) groups excluding carboxylic acids is 2. The van der Waals surface area contributed by atoms with Crippen LogP contribution in [0.2, 0.25) is 5.02 Å². The van der Waals surface area contributed by atoms with Gasteiger partial charge < -0.3 is 15.8 Å². The Morgan fingerprint density at radius 3 is 2.53 bits per heavy atom. The van der Waals surface area contributed by atoms with Crippen LogP contribution >= 0.6 is 11.6 Å². The molecule has 4 rings (SSSR count). The summed E-state index contributed by atoms with van der Waals surface area (Å²) in [6.07, 6.45) is 0.